The van der Waals surface area contributed by atoms with Crippen molar-refractivity contribution < 1.29 is 48.6 Å². The van der Waals surface area contributed by atoms with Crippen LogP contribution in [0.2, 0.25) is 0 Å². The summed E-state index contributed by atoms with van der Waals surface area (Å²) in [7, 11) is 2.28. The van der Waals surface area contributed by atoms with E-state index in [4.69, 9.17) is 45.7 Å². The largest absolute Gasteiger partial charge is 0.756 e. The van der Waals surface area contributed by atoms with Crippen LogP contribution in [0.25, 0.3) is 0 Å². The summed E-state index contributed by atoms with van der Waals surface area (Å²) in [6.07, 6.45) is -0.914. The molecule has 0 aromatic rings. The van der Waals surface area contributed by atoms with Gasteiger partial charge < -0.3 is 45.1 Å². The van der Waals surface area contributed by atoms with E-state index < -0.39 is 25.9 Å². The van der Waals surface area contributed by atoms with Crippen molar-refractivity contribution in [3.63, 3.8) is 0 Å². The zero-order valence-corrected chi connectivity index (χ0v) is 15.4. The molecule has 0 aliphatic heterocycles. The number of aliphatic carboxylic acids is 2. The quantitative estimate of drug-likeness (QED) is 0.104. The summed E-state index contributed by atoms with van der Waals surface area (Å²) in [5.41, 5.74) is 4.93. The lowest BCUT2D eigenvalue weighted by molar-refractivity contribution is -0.873. The van der Waals surface area contributed by atoms with E-state index in [1.807, 2.05) is 21.1 Å². The molecule has 0 aromatic carbocycles. The highest BCUT2D eigenvalue weighted by Gasteiger charge is 2.17. The predicted molar refractivity (Wildman–Crippen MR) is 85.4 cm³/mol. The fourth-order valence-corrected chi connectivity index (χ4v) is 1.19. The number of nitrogens with zero attached hydrogens (tertiary/aromatic N) is 2. The molecule has 150 valence electrons. The lowest BCUT2D eigenvalue weighted by atomic mass is 10.2. The summed E-state index contributed by atoms with van der Waals surface area (Å²) >= 11 is 0. The topological polar surface area (TPSA) is 229 Å². The minimum atomic E-state index is -4.89. The monoisotopic (exact) mass is 390 g/mol. The number of guanidine groups is 1. The highest BCUT2D eigenvalue weighted by molar-refractivity contribution is 7.43. The molecule has 8 N–H and O–H groups in total. The molecule has 0 saturated heterocycles. The Hall–Kier alpha value is -1.76. The molecule has 0 amide bonds. The molecule has 0 heterocycles. The number of aliphatic hydroxyl groups is 1. The van der Waals surface area contributed by atoms with E-state index in [2.05, 4.69) is 0 Å². The molecule has 0 aliphatic rings. The zero-order chi connectivity index (χ0) is 21.0. The SMILES string of the molecule is CN(CC(=O)O)C(=N)N.C[N+](C)(C)C[C@H](O)CC(=O)O.O=P([O-])(O)O. The molecule has 0 aromatic heterocycles. The molecule has 0 aliphatic carbocycles. The summed E-state index contributed by atoms with van der Waals surface area (Å²) < 4.78 is 9.35. The van der Waals surface area contributed by atoms with Crippen molar-refractivity contribution in [1.29, 1.82) is 5.41 Å². The molecule has 1 atom stereocenters. The molecule has 0 saturated carbocycles. The van der Waals surface area contributed by atoms with E-state index >= 15 is 0 Å². The average Bonchev–Trinajstić information content (AvgIpc) is 2.21. The lowest BCUT2D eigenvalue weighted by Crippen LogP contribution is -2.42. The highest BCUT2D eigenvalue weighted by atomic mass is 31.2. The van der Waals surface area contributed by atoms with Gasteiger partial charge in [0.1, 0.15) is 19.2 Å². The summed E-state index contributed by atoms with van der Waals surface area (Å²) in [6.45, 7) is 0.238. The molecule has 0 radical (unpaired) electrons. The van der Waals surface area contributed by atoms with E-state index in [0.717, 1.165) is 4.90 Å². The van der Waals surface area contributed by atoms with E-state index in [0.29, 0.717) is 11.0 Å². The number of likely N-dealkylation sites (N-methyl/N-ethyl adjacent to an activating group) is 2. The van der Waals surface area contributed by atoms with Crippen molar-refractivity contribution in [2.75, 3.05) is 41.3 Å². The number of nitrogens with one attached hydrogen (secondary N) is 1. The first-order chi connectivity index (χ1) is 10.8. The Morgan fingerprint density at radius 3 is 1.76 bits per heavy atom. The number of hydrogen-bond donors (Lipinski definition) is 7. The fraction of sp³-hybridized carbons (Fsp3) is 0.727. The van der Waals surface area contributed by atoms with Crippen LogP contribution in [0.1, 0.15) is 6.42 Å². The van der Waals surface area contributed by atoms with Crippen LogP contribution in [0.3, 0.4) is 0 Å². The van der Waals surface area contributed by atoms with Crippen molar-refractivity contribution in [3.8, 4) is 0 Å². The van der Waals surface area contributed by atoms with Gasteiger partial charge in [-0.2, -0.15) is 0 Å². The second kappa shape index (κ2) is 12.6. The van der Waals surface area contributed by atoms with Gasteiger partial charge in [0.2, 0.25) is 0 Å². The van der Waals surface area contributed by atoms with Gasteiger partial charge in [-0.3, -0.25) is 19.6 Å². The first-order valence-electron chi connectivity index (χ1n) is 6.59. The Labute approximate surface area is 145 Å². The summed E-state index contributed by atoms with van der Waals surface area (Å²) in [5, 5.41) is 32.3. The third kappa shape index (κ3) is 39.2. The molecule has 13 nitrogen and oxygen atoms in total. The summed E-state index contributed by atoms with van der Waals surface area (Å²) in [4.78, 5) is 44.1. The van der Waals surface area contributed by atoms with Gasteiger partial charge in [0.15, 0.2) is 5.96 Å². The van der Waals surface area contributed by atoms with Crippen molar-refractivity contribution >= 4 is 25.7 Å². The predicted octanol–water partition coefficient (Wildman–Crippen LogP) is -3.14. The highest BCUT2D eigenvalue weighted by Crippen LogP contribution is 2.18. The van der Waals surface area contributed by atoms with E-state index in [-0.39, 0.29) is 18.9 Å². The number of nitrogens with two attached hydrogens (primary N) is 1. The minimum absolute atomic E-state index is 0.171. The smallest absolute Gasteiger partial charge is 0.323 e. The van der Waals surface area contributed by atoms with Gasteiger partial charge in [-0.25, -0.2) is 0 Å². The van der Waals surface area contributed by atoms with Crippen LogP contribution in [0, 0.1) is 5.41 Å². The van der Waals surface area contributed by atoms with Gasteiger partial charge in [0.25, 0.3) is 7.82 Å². The molecule has 0 unspecified atom stereocenters. The van der Waals surface area contributed by atoms with Crippen molar-refractivity contribution in [2.24, 2.45) is 5.73 Å². The van der Waals surface area contributed by atoms with Gasteiger partial charge in [-0.1, -0.05) is 0 Å². The van der Waals surface area contributed by atoms with Crippen LogP contribution in [0.15, 0.2) is 0 Å². The number of hydrogen-bond acceptors (Lipinski definition) is 6. The Morgan fingerprint density at radius 1 is 1.24 bits per heavy atom. The van der Waals surface area contributed by atoms with Gasteiger partial charge in [0, 0.05) is 7.05 Å². The summed E-state index contributed by atoms with van der Waals surface area (Å²) in [5.74, 6) is -2.18. The number of quaternary nitrogens is 1. The van der Waals surface area contributed by atoms with Gasteiger partial charge in [0.05, 0.1) is 27.6 Å². The fourth-order valence-electron chi connectivity index (χ4n) is 1.19. The van der Waals surface area contributed by atoms with Gasteiger partial charge in [-0.05, 0) is 0 Å². The normalized spacial score (nSPS) is 11.8. The van der Waals surface area contributed by atoms with Crippen LogP contribution >= 0.6 is 7.82 Å². The number of phosphoric acid groups is 1. The number of carbonyl (C=O) groups is 2. The minimum Gasteiger partial charge on any atom is -0.756 e. The maximum Gasteiger partial charge on any atom is 0.323 e. The van der Waals surface area contributed by atoms with Crippen LogP contribution in [-0.2, 0) is 14.2 Å². The molecule has 0 rings (SSSR count). The number of carboxylic acid groups (broad SMARTS) is 2. The Balaban J connectivity index is -0.000000311. The third-order valence-corrected chi connectivity index (χ3v) is 1.95. The third-order valence-electron chi connectivity index (χ3n) is 1.95. The van der Waals surface area contributed by atoms with Crippen molar-refractivity contribution in [1.82, 2.24) is 4.90 Å². The molecule has 14 heteroatoms. The summed E-state index contributed by atoms with van der Waals surface area (Å²) in [6, 6.07) is 0. The number of rotatable bonds is 6. The Morgan fingerprint density at radius 2 is 1.60 bits per heavy atom. The second-order valence-corrected chi connectivity index (χ2v) is 6.83. The molecule has 0 bridgehead atoms. The van der Waals surface area contributed by atoms with Crippen molar-refractivity contribution in [2.45, 2.75) is 12.5 Å². The van der Waals surface area contributed by atoms with Gasteiger partial charge in [-0.15, -0.1) is 0 Å². The molecular weight excluding hydrogens is 363 g/mol. The molecule has 0 fully saturated rings. The Kier molecular flexibility index (Phi) is 14.1. The van der Waals surface area contributed by atoms with Gasteiger partial charge >= 0.3 is 11.9 Å². The second-order valence-electron chi connectivity index (χ2n) is 5.85. The standard InChI is InChI=1S/C7H15NO3.C4H9N3O2.H3O4P/c1-8(2,3)5-6(9)4-7(10)11;1-7(4(5)6)2-3(8)9;1-5(2,3)4/h6,9H,4-5H2,1-3H3;2H2,1H3,(H3,5,6)(H,8,9);(H3,1,2,3,4)/t6-;;/m1../s1. The molecule has 0 spiro atoms. The number of aliphatic hydroxyl groups excluding tert-OH is 1. The lowest BCUT2D eigenvalue weighted by Gasteiger charge is -2.25. The zero-order valence-electron chi connectivity index (χ0n) is 14.5. The van der Waals surface area contributed by atoms with Crippen LogP contribution in [0.4, 0.5) is 0 Å². The van der Waals surface area contributed by atoms with Crippen LogP contribution in [0.5, 0.6) is 0 Å². The van der Waals surface area contributed by atoms with Crippen molar-refractivity contribution in [3.05, 3.63) is 0 Å². The van der Waals surface area contributed by atoms with Crippen LogP contribution < -0.4 is 10.6 Å². The first kappa shape index (κ1) is 28.1. The number of carboxylic acids is 2. The molecular formula is C11H27N4O9P. The maximum atomic E-state index is 10.1. The van der Waals surface area contributed by atoms with E-state index in [1.54, 1.807) is 0 Å². The first-order valence-corrected chi connectivity index (χ1v) is 8.12. The maximum absolute atomic E-state index is 10.1. The Bertz CT molecular complexity index is 466. The van der Waals surface area contributed by atoms with Crippen LogP contribution in [-0.4, -0.2) is 99.8 Å². The van der Waals surface area contributed by atoms with E-state index in [1.165, 1.54) is 7.05 Å². The average molecular weight is 390 g/mol. The van der Waals surface area contributed by atoms with E-state index in [9.17, 15) is 9.59 Å². The molecule has 25 heavy (non-hydrogen) atoms.